The molecule has 142 valence electrons. The first kappa shape index (κ1) is 19.0. The predicted molar refractivity (Wildman–Crippen MR) is 112 cm³/mol. The van der Waals surface area contributed by atoms with Crippen LogP contribution >= 0.6 is 0 Å². The summed E-state index contributed by atoms with van der Waals surface area (Å²) in [5.41, 5.74) is 4.77. The van der Waals surface area contributed by atoms with E-state index in [0.717, 1.165) is 22.3 Å². The molecule has 0 fully saturated rings. The van der Waals surface area contributed by atoms with Crippen LogP contribution in [0.5, 0.6) is 0 Å². The van der Waals surface area contributed by atoms with Crippen LogP contribution in [0.4, 0.5) is 11.4 Å². The summed E-state index contributed by atoms with van der Waals surface area (Å²) in [5, 5.41) is 7.21. The Morgan fingerprint density at radius 2 is 1.96 bits per heavy atom. The number of hydrogen-bond donors (Lipinski definition) is 2. The quantitative estimate of drug-likeness (QED) is 0.638. The number of carbonyl (C=O) groups excluding carboxylic acids is 1. The predicted octanol–water partition coefficient (Wildman–Crippen LogP) is 4.71. The summed E-state index contributed by atoms with van der Waals surface area (Å²) in [6, 6.07) is 13.9. The molecule has 0 saturated heterocycles. The first-order valence-corrected chi connectivity index (χ1v) is 9.25. The molecule has 1 heterocycles. The van der Waals surface area contributed by atoms with E-state index < -0.39 is 0 Å². The second-order valence-electron chi connectivity index (χ2n) is 6.91. The summed E-state index contributed by atoms with van der Waals surface area (Å²) in [6.45, 7) is 5.60. The van der Waals surface area contributed by atoms with Crippen LogP contribution in [-0.4, -0.2) is 31.2 Å². The zero-order valence-corrected chi connectivity index (χ0v) is 16.4. The molecule has 0 aliphatic carbocycles. The Labute approximate surface area is 160 Å². The van der Waals surface area contributed by atoms with Gasteiger partial charge in [0.2, 0.25) is 0 Å². The molecule has 0 radical (unpaired) electrons. The number of ether oxygens (including phenoxy) is 1. The summed E-state index contributed by atoms with van der Waals surface area (Å²) in [6.07, 6.45) is 1.91. The van der Waals surface area contributed by atoms with Crippen LogP contribution in [0.1, 0.15) is 35.7 Å². The Hall–Kier alpha value is -2.79. The average Bonchev–Trinajstić information content (AvgIpc) is 3.05. The number of fused-ring (bicyclic) bond motifs is 1. The van der Waals surface area contributed by atoms with Gasteiger partial charge in [0, 0.05) is 49.2 Å². The number of benzene rings is 2. The molecule has 0 spiro atoms. The molecule has 5 nitrogen and oxygen atoms in total. The van der Waals surface area contributed by atoms with Crippen molar-refractivity contribution in [3.8, 4) is 0 Å². The molecule has 0 aliphatic rings. The molecular formula is C22H27N3O2. The molecule has 1 amide bonds. The second-order valence-corrected chi connectivity index (χ2v) is 6.91. The maximum Gasteiger partial charge on any atom is 0.257 e. The Kier molecular flexibility index (Phi) is 5.81. The summed E-state index contributed by atoms with van der Waals surface area (Å²) >= 11 is 0. The van der Waals surface area contributed by atoms with Gasteiger partial charge in [0.1, 0.15) is 0 Å². The highest BCUT2D eigenvalue weighted by atomic mass is 16.5. The Morgan fingerprint density at radius 3 is 2.67 bits per heavy atom. The number of rotatable bonds is 7. The van der Waals surface area contributed by atoms with Gasteiger partial charge in [-0.25, -0.2) is 0 Å². The number of nitrogens with zero attached hydrogens (tertiary/aromatic N) is 1. The number of nitrogens with one attached hydrogen (secondary N) is 2. The van der Waals surface area contributed by atoms with E-state index in [0.29, 0.717) is 24.6 Å². The number of amides is 1. The molecule has 27 heavy (non-hydrogen) atoms. The number of para-hydroxylation sites is 1. The van der Waals surface area contributed by atoms with Crippen molar-refractivity contribution in [1.29, 1.82) is 0 Å². The fourth-order valence-electron chi connectivity index (χ4n) is 3.35. The highest BCUT2D eigenvalue weighted by Gasteiger charge is 2.16. The first-order valence-electron chi connectivity index (χ1n) is 9.25. The van der Waals surface area contributed by atoms with E-state index in [2.05, 4.69) is 29.0 Å². The second kappa shape index (κ2) is 8.27. The Bertz CT molecular complexity index is 944. The van der Waals surface area contributed by atoms with Crippen molar-refractivity contribution in [3.63, 3.8) is 0 Å². The summed E-state index contributed by atoms with van der Waals surface area (Å²) in [7, 11) is 3.59. The highest BCUT2D eigenvalue weighted by Crippen LogP contribution is 2.28. The van der Waals surface area contributed by atoms with E-state index in [1.54, 1.807) is 7.11 Å². The lowest BCUT2D eigenvalue weighted by atomic mass is 10.0. The van der Waals surface area contributed by atoms with Gasteiger partial charge < -0.3 is 19.9 Å². The largest absolute Gasteiger partial charge is 0.388 e. The van der Waals surface area contributed by atoms with Gasteiger partial charge in [-0.3, -0.25) is 4.79 Å². The van der Waals surface area contributed by atoms with Gasteiger partial charge >= 0.3 is 0 Å². The molecule has 5 heteroatoms. The van der Waals surface area contributed by atoms with Gasteiger partial charge in [-0.15, -0.1) is 0 Å². The third-order valence-corrected chi connectivity index (χ3v) is 4.77. The standard InChI is InChI=1S/C22H27N3O2/c1-15(2)18-13-16(9-10-20(18)23-3)24-22(26)19-14-25(11-12-27-4)21-8-6-5-7-17(19)21/h5-10,13-15,23H,11-12H2,1-4H3,(H,24,26). The minimum absolute atomic E-state index is 0.103. The van der Waals surface area contributed by atoms with E-state index in [4.69, 9.17) is 4.74 Å². The Morgan fingerprint density at radius 1 is 1.19 bits per heavy atom. The lowest BCUT2D eigenvalue weighted by molar-refractivity contribution is 0.102. The fourth-order valence-corrected chi connectivity index (χ4v) is 3.35. The van der Waals surface area contributed by atoms with Gasteiger partial charge in [0.05, 0.1) is 12.2 Å². The smallest absolute Gasteiger partial charge is 0.257 e. The van der Waals surface area contributed by atoms with Crippen LogP contribution in [0.3, 0.4) is 0 Å². The van der Waals surface area contributed by atoms with Crippen molar-refractivity contribution in [3.05, 3.63) is 59.8 Å². The molecule has 2 aromatic carbocycles. The summed E-state index contributed by atoms with van der Waals surface area (Å²) in [5.74, 6) is 0.259. The number of anilines is 2. The SMILES string of the molecule is CNc1ccc(NC(=O)c2cn(CCOC)c3ccccc23)cc1C(C)C. The van der Waals surface area contributed by atoms with Gasteiger partial charge in [-0.2, -0.15) is 0 Å². The van der Waals surface area contributed by atoms with Crippen LogP contribution in [0.15, 0.2) is 48.7 Å². The maximum atomic E-state index is 13.0. The molecule has 2 N–H and O–H groups in total. The summed E-state index contributed by atoms with van der Waals surface area (Å²) in [4.78, 5) is 13.0. The lowest BCUT2D eigenvalue weighted by Crippen LogP contribution is -2.12. The van der Waals surface area contributed by atoms with Crippen molar-refractivity contribution < 1.29 is 9.53 Å². The van der Waals surface area contributed by atoms with Gasteiger partial charge in [-0.05, 0) is 35.7 Å². The molecule has 3 aromatic rings. The van der Waals surface area contributed by atoms with E-state index >= 15 is 0 Å². The molecule has 0 unspecified atom stereocenters. The van der Waals surface area contributed by atoms with E-state index in [-0.39, 0.29) is 5.91 Å². The van der Waals surface area contributed by atoms with E-state index in [1.165, 1.54) is 5.56 Å². The molecule has 0 bridgehead atoms. The fraction of sp³-hybridized carbons (Fsp3) is 0.318. The first-order chi connectivity index (χ1) is 13.0. The average molecular weight is 365 g/mol. The molecule has 0 aliphatic heterocycles. The van der Waals surface area contributed by atoms with Crippen LogP contribution in [0.25, 0.3) is 10.9 Å². The van der Waals surface area contributed by atoms with Crippen LogP contribution < -0.4 is 10.6 Å². The molecule has 0 atom stereocenters. The van der Waals surface area contributed by atoms with E-state index in [9.17, 15) is 4.79 Å². The molecule has 0 saturated carbocycles. The Balaban J connectivity index is 1.92. The van der Waals surface area contributed by atoms with Crippen molar-refractivity contribution >= 4 is 28.2 Å². The van der Waals surface area contributed by atoms with E-state index in [1.807, 2.05) is 55.7 Å². The van der Waals surface area contributed by atoms with Gasteiger partial charge in [0.15, 0.2) is 0 Å². The minimum atomic E-state index is -0.103. The van der Waals surface area contributed by atoms with Crippen molar-refractivity contribution in [1.82, 2.24) is 4.57 Å². The van der Waals surface area contributed by atoms with Gasteiger partial charge in [-0.1, -0.05) is 32.0 Å². The van der Waals surface area contributed by atoms with Crippen molar-refractivity contribution in [2.75, 3.05) is 31.4 Å². The van der Waals surface area contributed by atoms with Crippen LogP contribution in [-0.2, 0) is 11.3 Å². The molecular weight excluding hydrogens is 338 g/mol. The zero-order valence-electron chi connectivity index (χ0n) is 16.4. The number of carbonyl (C=O) groups is 1. The minimum Gasteiger partial charge on any atom is -0.388 e. The third kappa shape index (κ3) is 3.98. The lowest BCUT2D eigenvalue weighted by Gasteiger charge is -2.14. The van der Waals surface area contributed by atoms with Gasteiger partial charge in [0.25, 0.3) is 5.91 Å². The normalized spacial score (nSPS) is 11.1. The highest BCUT2D eigenvalue weighted by molar-refractivity contribution is 6.13. The molecule has 3 rings (SSSR count). The number of methoxy groups -OCH3 is 1. The summed E-state index contributed by atoms with van der Waals surface area (Å²) < 4.78 is 7.26. The monoisotopic (exact) mass is 365 g/mol. The molecule has 1 aromatic heterocycles. The van der Waals surface area contributed by atoms with Crippen LogP contribution in [0, 0.1) is 0 Å². The number of hydrogen-bond acceptors (Lipinski definition) is 3. The number of aromatic nitrogens is 1. The zero-order chi connectivity index (χ0) is 19.4. The maximum absolute atomic E-state index is 13.0. The van der Waals surface area contributed by atoms with Crippen molar-refractivity contribution in [2.24, 2.45) is 0 Å². The topological polar surface area (TPSA) is 55.3 Å². The van der Waals surface area contributed by atoms with Crippen molar-refractivity contribution in [2.45, 2.75) is 26.3 Å². The third-order valence-electron chi connectivity index (χ3n) is 4.77. The van der Waals surface area contributed by atoms with Crippen LogP contribution in [0.2, 0.25) is 0 Å².